The third-order valence-electron chi connectivity index (χ3n) is 3.06. The Labute approximate surface area is 100.0 Å². The highest BCUT2D eigenvalue weighted by Gasteiger charge is 2.32. The second-order valence-electron chi connectivity index (χ2n) is 4.42. The van der Waals surface area contributed by atoms with Gasteiger partial charge in [-0.2, -0.15) is 0 Å². The number of halogens is 1. The Kier molecular flexibility index (Phi) is 3.06. The summed E-state index contributed by atoms with van der Waals surface area (Å²) in [5.74, 6) is 1.31. The molecule has 0 bridgehead atoms. The predicted molar refractivity (Wildman–Crippen MR) is 65.5 cm³/mol. The Morgan fingerprint density at radius 3 is 2.88 bits per heavy atom. The van der Waals surface area contributed by atoms with Gasteiger partial charge in [0, 0.05) is 12.1 Å². The van der Waals surface area contributed by atoms with E-state index in [1.54, 1.807) is 18.2 Å². The lowest BCUT2D eigenvalue weighted by Crippen LogP contribution is -2.25. The minimum Gasteiger partial charge on any atom is -0.398 e. The highest BCUT2D eigenvalue weighted by molar-refractivity contribution is 6.33. The Bertz CT molecular complexity index is 419. The van der Waals surface area contributed by atoms with Crippen molar-refractivity contribution in [2.24, 2.45) is 11.8 Å². The number of carbonyl (C=O) groups is 1. The summed E-state index contributed by atoms with van der Waals surface area (Å²) < 4.78 is 0. The van der Waals surface area contributed by atoms with Gasteiger partial charge in [0.1, 0.15) is 0 Å². The zero-order valence-corrected chi connectivity index (χ0v) is 9.92. The van der Waals surface area contributed by atoms with Gasteiger partial charge in [0.25, 0.3) is 5.91 Å². The lowest BCUT2D eigenvalue weighted by molar-refractivity contribution is 0.0951. The lowest BCUT2D eigenvalue weighted by atomic mass is 10.2. The smallest absolute Gasteiger partial charge is 0.251 e. The summed E-state index contributed by atoms with van der Waals surface area (Å²) in [7, 11) is 0. The molecular formula is C12H15ClN2O. The molecule has 86 valence electrons. The maximum absolute atomic E-state index is 11.7. The molecule has 1 aromatic carbocycles. The fourth-order valence-electron chi connectivity index (χ4n) is 1.69. The number of nitrogen functional groups attached to an aromatic ring is 1. The minimum atomic E-state index is -0.0810. The summed E-state index contributed by atoms with van der Waals surface area (Å²) in [5.41, 5.74) is 6.64. The van der Waals surface area contributed by atoms with Crippen molar-refractivity contribution in [3.63, 3.8) is 0 Å². The van der Waals surface area contributed by atoms with Crippen molar-refractivity contribution in [2.75, 3.05) is 12.3 Å². The van der Waals surface area contributed by atoms with E-state index in [4.69, 9.17) is 17.3 Å². The number of hydrogen-bond acceptors (Lipinski definition) is 2. The Hall–Kier alpha value is -1.22. The summed E-state index contributed by atoms with van der Waals surface area (Å²) in [6.07, 6.45) is 1.21. The number of rotatable bonds is 3. The molecule has 2 unspecified atom stereocenters. The van der Waals surface area contributed by atoms with Gasteiger partial charge >= 0.3 is 0 Å². The van der Waals surface area contributed by atoms with Crippen LogP contribution in [0.2, 0.25) is 5.02 Å². The minimum absolute atomic E-state index is 0.0810. The van der Waals surface area contributed by atoms with Crippen LogP contribution in [0.1, 0.15) is 23.7 Å². The van der Waals surface area contributed by atoms with Gasteiger partial charge in [-0.1, -0.05) is 18.5 Å². The highest BCUT2D eigenvalue weighted by atomic mass is 35.5. The summed E-state index contributed by atoms with van der Waals surface area (Å²) in [6, 6.07) is 4.93. The van der Waals surface area contributed by atoms with Gasteiger partial charge < -0.3 is 11.1 Å². The highest BCUT2D eigenvalue weighted by Crippen LogP contribution is 2.36. The van der Waals surface area contributed by atoms with E-state index < -0.39 is 0 Å². The standard InChI is InChI=1S/C12H15ClN2O/c1-7-4-9(7)6-15-12(16)8-2-3-10(13)11(14)5-8/h2-3,5,7,9H,4,6,14H2,1H3,(H,15,16). The van der Waals surface area contributed by atoms with Gasteiger partial charge in [-0.3, -0.25) is 4.79 Å². The molecule has 0 heterocycles. The first-order valence-corrected chi connectivity index (χ1v) is 5.79. The van der Waals surface area contributed by atoms with Gasteiger partial charge in [0.15, 0.2) is 0 Å². The molecule has 0 saturated heterocycles. The van der Waals surface area contributed by atoms with Crippen LogP contribution in [0.15, 0.2) is 18.2 Å². The molecule has 1 fully saturated rings. The first-order valence-electron chi connectivity index (χ1n) is 5.41. The van der Waals surface area contributed by atoms with Crippen molar-refractivity contribution in [3.8, 4) is 0 Å². The fourth-order valence-corrected chi connectivity index (χ4v) is 1.81. The summed E-state index contributed by atoms with van der Waals surface area (Å²) >= 11 is 5.79. The maximum atomic E-state index is 11.7. The third-order valence-corrected chi connectivity index (χ3v) is 3.40. The van der Waals surface area contributed by atoms with Crippen molar-refractivity contribution < 1.29 is 4.79 Å². The van der Waals surface area contributed by atoms with Gasteiger partial charge in [-0.15, -0.1) is 0 Å². The summed E-state index contributed by atoms with van der Waals surface area (Å²) in [4.78, 5) is 11.7. The van der Waals surface area contributed by atoms with Crippen LogP contribution >= 0.6 is 11.6 Å². The molecule has 1 aliphatic carbocycles. The Morgan fingerprint density at radius 2 is 2.31 bits per heavy atom. The van der Waals surface area contributed by atoms with Crippen LogP contribution in [0.25, 0.3) is 0 Å². The van der Waals surface area contributed by atoms with Crippen LogP contribution in [0.5, 0.6) is 0 Å². The summed E-state index contributed by atoms with van der Waals surface area (Å²) in [6.45, 7) is 2.94. The van der Waals surface area contributed by atoms with Crippen LogP contribution in [0, 0.1) is 11.8 Å². The fraction of sp³-hybridized carbons (Fsp3) is 0.417. The molecule has 0 aromatic heterocycles. The molecule has 0 spiro atoms. The molecule has 4 heteroatoms. The van der Waals surface area contributed by atoms with E-state index >= 15 is 0 Å². The normalized spacial score (nSPS) is 22.9. The number of nitrogens with one attached hydrogen (secondary N) is 1. The summed E-state index contributed by atoms with van der Waals surface area (Å²) in [5, 5.41) is 3.38. The van der Waals surface area contributed by atoms with Crippen molar-refractivity contribution in [1.82, 2.24) is 5.32 Å². The average Bonchev–Trinajstić information content (AvgIpc) is 2.95. The molecule has 3 nitrogen and oxygen atoms in total. The Morgan fingerprint density at radius 1 is 1.62 bits per heavy atom. The third kappa shape index (κ3) is 2.47. The van der Waals surface area contributed by atoms with E-state index in [0.29, 0.717) is 22.2 Å². The monoisotopic (exact) mass is 238 g/mol. The number of anilines is 1. The van der Waals surface area contributed by atoms with E-state index in [-0.39, 0.29) is 5.91 Å². The lowest BCUT2D eigenvalue weighted by Gasteiger charge is -2.05. The SMILES string of the molecule is CC1CC1CNC(=O)c1ccc(Cl)c(N)c1. The van der Waals surface area contributed by atoms with Crippen LogP contribution < -0.4 is 11.1 Å². The number of benzene rings is 1. The maximum Gasteiger partial charge on any atom is 0.251 e. The second-order valence-corrected chi connectivity index (χ2v) is 4.83. The molecular weight excluding hydrogens is 224 g/mol. The molecule has 1 aliphatic rings. The van der Waals surface area contributed by atoms with Gasteiger partial charge in [0.05, 0.1) is 10.7 Å². The largest absolute Gasteiger partial charge is 0.398 e. The number of nitrogens with two attached hydrogens (primary N) is 1. The van der Waals surface area contributed by atoms with Crippen LogP contribution in [-0.4, -0.2) is 12.5 Å². The van der Waals surface area contributed by atoms with Crippen LogP contribution in [-0.2, 0) is 0 Å². The van der Waals surface area contributed by atoms with E-state index in [1.807, 2.05) is 0 Å². The molecule has 0 aliphatic heterocycles. The second kappa shape index (κ2) is 4.34. The quantitative estimate of drug-likeness (QED) is 0.794. The first-order chi connectivity index (χ1) is 7.58. The molecule has 1 aromatic rings. The van der Waals surface area contributed by atoms with Gasteiger partial charge in [-0.05, 0) is 36.5 Å². The van der Waals surface area contributed by atoms with Crippen molar-refractivity contribution in [3.05, 3.63) is 28.8 Å². The molecule has 2 rings (SSSR count). The van der Waals surface area contributed by atoms with E-state index in [9.17, 15) is 4.79 Å². The topological polar surface area (TPSA) is 55.1 Å². The number of carbonyl (C=O) groups excluding carboxylic acids is 1. The number of amides is 1. The van der Waals surface area contributed by atoms with Crippen molar-refractivity contribution in [2.45, 2.75) is 13.3 Å². The van der Waals surface area contributed by atoms with E-state index in [1.165, 1.54) is 6.42 Å². The first kappa shape index (κ1) is 11.3. The molecule has 1 amide bonds. The molecule has 2 atom stereocenters. The van der Waals surface area contributed by atoms with Crippen molar-refractivity contribution >= 4 is 23.2 Å². The zero-order valence-electron chi connectivity index (χ0n) is 9.16. The predicted octanol–water partition coefficient (Wildman–Crippen LogP) is 2.31. The van der Waals surface area contributed by atoms with E-state index in [2.05, 4.69) is 12.2 Å². The van der Waals surface area contributed by atoms with Gasteiger partial charge in [0.2, 0.25) is 0 Å². The average molecular weight is 239 g/mol. The molecule has 1 saturated carbocycles. The number of hydrogen-bond donors (Lipinski definition) is 2. The zero-order chi connectivity index (χ0) is 11.7. The van der Waals surface area contributed by atoms with Crippen molar-refractivity contribution in [1.29, 1.82) is 0 Å². The van der Waals surface area contributed by atoms with Crippen LogP contribution in [0.4, 0.5) is 5.69 Å². The van der Waals surface area contributed by atoms with Gasteiger partial charge in [-0.25, -0.2) is 0 Å². The molecule has 0 radical (unpaired) electrons. The molecule has 16 heavy (non-hydrogen) atoms. The Balaban J connectivity index is 1.95. The van der Waals surface area contributed by atoms with E-state index in [0.717, 1.165) is 12.5 Å². The van der Waals surface area contributed by atoms with Crippen LogP contribution in [0.3, 0.4) is 0 Å². The molecule has 3 N–H and O–H groups in total.